The second-order valence-corrected chi connectivity index (χ2v) is 14.3. The van der Waals surface area contributed by atoms with Crippen molar-refractivity contribution >= 4 is 21.8 Å². The van der Waals surface area contributed by atoms with Crippen LogP contribution in [0.5, 0.6) is 0 Å². The van der Waals surface area contributed by atoms with Crippen molar-refractivity contribution in [1.29, 1.82) is 0 Å². The number of hydrogen-bond acceptors (Lipinski definition) is 1. The SMILES string of the molecule is C=C/C=C1\C(=C/C)N(C)C(/C=C\C)=C(C=C)C12c1ccccc1-c1ccccc12.Cc1ccc2c(c1)c1ccccc1n2-c1ccccc1.Cc1ccccc1. The molecular weight excluding hydrogens is 677 g/mol. The quantitative estimate of drug-likeness (QED) is 0.175. The molecule has 2 nitrogen and oxygen atoms in total. The zero-order chi connectivity index (χ0) is 39.2. The fourth-order valence-electron chi connectivity index (χ4n) is 8.61. The molecule has 6 aromatic carbocycles. The van der Waals surface area contributed by atoms with Gasteiger partial charge in [0.15, 0.2) is 0 Å². The van der Waals surface area contributed by atoms with E-state index in [-0.39, 0.29) is 0 Å². The van der Waals surface area contributed by atoms with Crippen molar-refractivity contribution in [2.24, 2.45) is 0 Å². The van der Waals surface area contributed by atoms with Crippen LogP contribution in [0.1, 0.15) is 36.1 Å². The van der Waals surface area contributed by atoms with Gasteiger partial charge in [0.25, 0.3) is 0 Å². The molecule has 0 N–H and O–H groups in total. The Kier molecular flexibility index (Phi) is 11.0. The Bertz CT molecular complexity index is 2620. The molecule has 0 saturated carbocycles. The molecule has 2 heteroatoms. The van der Waals surface area contributed by atoms with Crippen LogP contribution in [-0.2, 0) is 5.41 Å². The van der Waals surface area contributed by atoms with E-state index in [9.17, 15) is 0 Å². The average molecular weight is 727 g/mol. The summed E-state index contributed by atoms with van der Waals surface area (Å²) in [6, 6.07) is 53.6. The van der Waals surface area contributed by atoms with Crippen molar-refractivity contribution < 1.29 is 0 Å². The molecule has 0 saturated heterocycles. The lowest BCUT2D eigenvalue weighted by Crippen LogP contribution is -2.40. The molecule has 0 amide bonds. The number of likely N-dealkylation sites (N-methyl/N-ethyl adjacent to an activating group) is 1. The van der Waals surface area contributed by atoms with Gasteiger partial charge in [0, 0.05) is 34.9 Å². The highest BCUT2D eigenvalue weighted by molar-refractivity contribution is 6.09. The first kappa shape index (κ1) is 37.7. The van der Waals surface area contributed by atoms with Gasteiger partial charge in [0.05, 0.1) is 16.4 Å². The summed E-state index contributed by atoms with van der Waals surface area (Å²) in [6.45, 7) is 16.7. The van der Waals surface area contributed by atoms with Gasteiger partial charge in [-0.1, -0.05) is 176 Å². The highest BCUT2D eigenvalue weighted by Gasteiger charge is 2.52. The molecule has 0 fully saturated rings. The van der Waals surface area contributed by atoms with Crippen molar-refractivity contribution in [1.82, 2.24) is 9.47 Å². The zero-order valence-electron chi connectivity index (χ0n) is 33.2. The number of benzene rings is 6. The van der Waals surface area contributed by atoms with Crippen LogP contribution in [0.15, 0.2) is 224 Å². The summed E-state index contributed by atoms with van der Waals surface area (Å²) in [7, 11) is 2.13. The van der Waals surface area contributed by atoms with Gasteiger partial charge in [0.1, 0.15) is 0 Å². The van der Waals surface area contributed by atoms with Crippen LogP contribution in [-0.4, -0.2) is 16.5 Å². The largest absolute Gasteiger partial charge is 0.344 e. The van der Waals surface area contributed by atoms with Crippen molar-refractivity contribution in [2.75, 3.05) is 7.05 Å². The lowest BCUT2D eigenvalue weighted by Gasteiger charge is -2.46. The normalized spacial score (nSPS) is 15.4. The first-order valence-corrected chi connectivity index (χ1v) is 19.4. The summed E-state index contributed by atoms with van der Waals surface area (Å²) in [6.07, 6.45) is 12.6. The Morgan fingerprint density at radius 3 is 1.73 bits per heavy atom. The maximum Gasteiger partial charge on any atom is 0.0753 e. The van der Waals surface area contributed by atoms with Gasteiger partial charge in [-0.05, 0) is 97.5 Å². The van der Waals surface area contributed by atoms with E-state index in [0.29, 0.717) is 0 Å². The third-order valence-corrected chi connectivity index (χ3v) is 10.9. The van der Waals surface area contributed by atoms with Crippen LogP contribution in [0.4, 0.5) is 0 Å². The molecule has 56 heavy (non-hydrogen) atoms. The predicted octanol–water partition coefficient (Wildman–Crippen LogP) is 14.0. The van der Waals surface area contributed by atoms with Gasteiger partial charge < -0.3 is 9.47 Å². The molecule has 2 aliphatic rings. The molecule has 1 aromatic heterocycles. The van der Waals surface area contributed by atoms with E-state index < -0.39 is 5.41 Å². The Labute approximate surface area is 333 Å². The van der Waals surface area contributed by atoms with Crippen molar-refractivity contribution in [3.8, 4) is 16.8 Å². The van der Waals surface area contributed by atoms with Crippen LogP contribution >= 0.6 is 0 Å². The standard InChI is InChI=1S/C28H27N.C19H15N.C7H8/c1-6-14-25-26(9-4)29(5)27(15-7-2)22(8-3)28(25)23-18-12-10-16-20(23)21-17-11-13-19-24(21)28;1-14-11-12-19-17(13-14)16-9-5-6-10-18(16)20(19)15-7-3-2-4-8-15;1-7-5-3-2-4-6-7/h6-19H,1,3H2,2,4-5H3;2-13H,1H3;2-6H,1H3/b15-7-,25-14+,26-9+;;. The topological polar surface area (TPSA) is 8.17 Å². The Morgan fingerprint density at radius 1 is 0.589 bits per heavy atom. The molecule has 7 aromatic rings. The van der Waals surface area contributed by atoms with Crippen LogP contribution in [0.25, 0.3) is 38.6 Å². The van der Waals surface area contributed by atoms with Gasteiger partial charge >= 0.3 is 0 Å². The van der Waals surface area contributed by atoms with Gasteiger partial charge in [-0.15, -0.1) is 0 Å². The van der Waals surface area contributed by atoms with Crippen molar-refractivity contribution in [3.63, 3.8) is 0 Å². The molecule has 1 spiro atoms. The van der Waals surface area contributed by atoms with Crippen LogP contribution < -0.4 is 0 Å². The molecule has 1 aliphatic heterocycles. The number of rotatable bonds is 4. The zero-order valence-corrected chi connectivity index (χ0v) is 33.2. The van der Waals surface area contributed by atoms with Crippen LogP contribution in [0, 0.1) is 13.8 Å². The highest BCUT2D eigenvalue weighted by atomic mass is 15.1. The summed E-state index contributed by atoms with van der Waals surface area (Å²) < 4.78 is 2.34. The van der Waals surface area contributed by atoms with Gasteiger partial charge in [-0.25, -0.2) is 0 Å². The third-order valence-electron chi connectivity index (χ3n) is 10.9. The molecule has 0 radical (unpaired) electrons. The van der Waals surface area contributed by atoms with Gasteiger partial charge in [-0.2, -0.15) is 0 Å². The number of allylic oxidation sites excluding steroid dienone is 8. The third kappa shape index (κ3) is 6.48. The first-order chi connectivity index (χ1) is 27.4. The lowest BCUT2D eigenvalue weighted by atomic mass is 9.63. The number of hydrogen-bond donors (Lipinski definition) is 0. The molecular formula is C54H50N2. The number of fused-ring (bicyclic) bond motifs is 8. The van der Waals surface area contributed by atoms with E-state index in [1.54, 1.807) is 0 Å². The second-order valence-electron chi connectivity index (χ2n) is 14.3. The van der Waals surface area contributed by atoms with E-state index in [2.05, 4.69) is 215 Å². The van der Waals surface area contributed by atoms with Crippen molar-refractivity contribution in [3.05, 3.63) is 246 Å². The minimum Gasteiger partial charge on any atom is -0.344 e. The minimum atomic E-state index is -0.410. The van der Waals surface area contributed by atoms with Gasteiger partial charge in [-0.3, -0.25) is 0 Å². The average Bonchev–Trinajstić information content (AvgIpc) is 3.72. The monoisotopic (exact) mass is 726 g/mol. The van der Waals surface area contributed by atoms with E-state index in [4.69, 9.17) is 0 Å². The van der Waals surface area contributed by atoms with E-state index in [0.717, 1.165) is 0 Å². The lowest BCUT2D eigenvalue weighted by molar-refractivity contribution is 0.481. The fraction of sp³-hybridized carbons (Fsp3) is 0.111. The van der Waals surface area contributed by atoms with E-state index in [1.165, 1.54) is 83.4 Å². The number of aryl methyl sites for hydroxylation is 2. The molecule has 0 atom stereocenters. The highest BCUT2D eigenvalue weighted by Crippen LogP contribution is 2.61. The molecule has 1 aliphatic carbocycles. The Morgan fingerprint density at radius 2 is 1.16 bits per heavy atom. The number of aromatic nitrogens is 1. The summed E-state index contributed by atoms with van der Waals surface area (Å²) in [5.74, 6) is 0. The summed E-state index contributed by atoms with van der Waals surface area (Å²) in [4.78, 5) is 2.27. The second kappa shape index (κ2) is 16.4. The van der Waals surface area contributed by atoms with Crippen LogP contribution in [0.2, 0.25) is 0 Å². The summed E-state index contributed by atoms with van der Waals surface area (Å²) in [5.41, 5.74) is 15.9. The van der Waals surface area contributed by atoms with Crippen LogP contribution in [0.3, 0.4) is 0 Å². The maximum atomic E-state index is 4.27. The summed E-state index contributed by atoms with van der Waals surface area (Å²) >= 11 is 0. The molecule has 2 heterocycles. The number of nitrogens with zero attached hydrogens (tertiary/aromatic N) is 2. The van der Waals surface area contributed by atoms with E-state index >= 15 is 0 Å². The van der Waals surface area contributed by atoms with E-state index in [1.807, 2.05) is 30.4 Å². The minimum absolute atomic E-state index is 0.410. The predicted molar refractivity (Wildman–Crippen MR) is 241 cm³/mol. The molecule has 0 bridgehead atoms. The van der Waals surface area contributed by atoms with Crippen molar-refractivity contribution in [2.45, 2.75) is 33.1 Å². The maximum absolute atomic E-state index is 4.27. The number of para-hydroxylation sites is 2. The first-order valence-electron chi connectivity index (χ1n) is 19.4. The molecule has 0 unspecified atom stereocenters. The van der Waals surface area contributed by atoms with Gasteiger partial charge in [0.2, 0.25) is 0 Å². The summed E-state index contributed by atoms with van der Waals surface area (Å²) in [5, 5.41) is 2.64. The molecule has 276 valence electrons. The molecule has 9 rings (SSSR count). The Balaban J connectivity index is 0.000000152. The fourth-order valence-corrected chi connectivity index (χ4v) is 8.61. The smallest absolute Gasteiger partial charge is 0.0753 e. The Hall–Kier alpha value is -6.64.